The molecule has 5 heteroatoms. The van der Waals surface area contributed by atoms with Crippen molar-refractivity contribution in [2.75, 3.05) is 6.26 Å². The second kappa shape index (κ2) is 4.61. The van der Waals surface area contributed by atoms with E-state index >= 15 is 0 Å². The molecule has 0 amide bonds. The molecule has 0 bridgehead atoms. The predicted octanol–water partition coefficient (Wildman–Crippen LogP) is 1.47. The van der Waals surface area contributed by atoms with E-state index in [0.29, 0.717) is 11.1 Å². The largest absolute Gasteiger partial charge is 0.223 e. The van der Waals surface area contributed by atoms with Crippen LogP contribution >= 0.6 is 0 Å². The lowest BCUT2D eigenvalue weighted by atomic mass is 10.1. The average molecular weight is 232 g/mol. The molecule has 0 saturated carbocycles. The van der Waals surface area contributed by atoms with Gasteiger partial charge in [0.15, 0.2) is 9.84 Å². The lowest BCUT2D eigenvalue weighted by molar-refractivity contribution is 0.609. The van der Waals surface area contributed by atoms with E-state index in [9.17, 15) is 8.42 Å². The van der Waals surface area contributed by atoms with Gasteiger partial charge in [0.2, 0.25) is 0 Å². The van der Waals surface area contributed by atoms with Gasteiger partial charge in [-0.05, 0) is 17.7 Å². The van der Waals surface area contributed by atoms with Gasteiger partial charge in [0.05, 0.1) is 11.6 Å². The fourth-order valence-electron chi connectivity index (χ4n) is 1.09. The second-order valence-electron chi connectivity index (χ2n) is 3.09. The first-order valence-electron chi connectivity index (χ1n) is 4.30. The quantitative estimate of drug-likeness (QED) is 0.723. The lowest BCUT2D eigenvalue weighted by Crippen LogP contribution is -1.98. The molecule has 1 aromatic carbocycles. The Balaban J connectivity index is 3.39. The van der Waals surface area contributed by atoms with E-state index in [1.54, 1.807) is 30.3 Å². The summed E-state index contributed by atoms with van der Waals surface area (Å²) >= 11 is 0. The number of hydrogen-bond acceptors (Lipinski definition) is 4. The number of hydrogen-bond donors (Lipinski definition) is 0. The molecule has 80 valence electrons. The third-order valence-electron chi connectivity index (χ3n) is 1.88. The van der Waals surface area contributed by atoms with Crippen LogP contribution in [0.2, 0.25) is 0 Å². The van der Waals surface area contributed by atoms with Crippen LogP contribution in [-0.2, 0) is 9.84 Å². The summed E-state index contributed by atoms with van der Waals surface area (Å²) < 4.78 is 22.4. The number of nitriles is 2. The van der Waals surface area contributed by atoms with Crippen LogP contribution in [-0.4, -0.2) is 14.7 Å². The number of nitrogens with zero attached hydrogens (tertiary/aromatic N) is 2. The Hall–Kier alpha value is -2.11. The lowest BCUT2D eigenvalue weighted by Gasteiger charge is -1.98. The highest BCUT2D eigenvalue weighted by Crippen LogP contribution is 2.14. The van der Waals surface area contributed by atoms with Crippen LogP contribution < -0.4 is 0 Å². The molecule has 16 heavy (non-hydrogen) atoms. The summed E-state index contributed by atoms with van der Waals surface area (Å²) in [5, 5.41) is 17.5. The minimum absolute atomic E-state index is 0.332. The van der Waals surface area contributed by atoms with Gasteiger partial charge in [-0.15, -0.1) is 0 Å². The summed E-state index contributed by atoms with van der Waals surface area (Å²) in [4.78, 5) is -0.352. The van der Waals surface area contributed by atoms with E-state index in [4.69, 9.17) is 10.5 Å². The second-order valence-corrected chi connectivity index (χ2v) is 5.08. The average Bonchev–Trinajstić information content (AvgIpc) is 2.24. The highest BCUT2D eigenvalue weighted by molar-refractivity contribution is 7.95. The van der Waals surface area contributed by atoms with Crippen LogP contribution in [0.3, 0.4) is 0 Å². The molecule has 0 aliphatic heterocycles. The van der Waals surface area contributed by atoms with Crippen molar-refractivity contribution >= 4 is 15.9 Å². The van der Waals surface area contributed by atoms with Crippen LogP contribution in [0.1, 0.15) is 11.1 Å². The Bertz CT molecular complexity index is 616. The minimum atomic E-state index is -3.55. The molecule has 0 atom stereocenters. The highest BCUT2D eigenvalue weighted by Gasteiger charge is 2.11. The smallest absolute Gasteiger partial charge is 0.185 e. The summed E-state index contributed by atoms with van der Waals surface area (Å²) in [7, 11) is -3.55. The van der Waals surface area contributed by atoms with Gasteiger partial charge in [0, 0.05) is 6.26 Å². The summed E-state index contributed by atoms with van der Waals surface area (Å²) in [6.45, 7) is 0. The molecule has 0 heterocycles. The molecule has 1 aromatic rings. The Kier molecular flexibility index (Phi) is 3.44. The van der Waals surface area contributed by atoms with Crippen molar-refractivity contribution in [2.45, 2.75) is 0 Å². The zero-order chi connectivity index (χ0) is 12.2. The molecule has 0 aliphatic rings. The van der Waals surface area contributed by atoms with Crippen LogP contribution in [0.25, 0.3) is 6.08 Å². The molecular formula is C11H8N2O2S. The first-order valence-corrected chi connectivity index (χ1v) is 6.19. The van der Waals surface area contributed by atoms with Gasteiger partial charge < -0.3 is 0 Å². The molecule has 0 spiro atoms. The summed E-state index contributed by atoms with van der Waals surface area (Å²) in [6.07, 6.45) is 2.16. The van der Waals surface area contributed by atoms with Gasteiger partial charge in [-0.1, -0.05) is 18.2 Å². The standard InChI is InChI=1S/C11H8N2O2S/c1-16(14,15)11(8-13)6-9-4-2-3-5-10(9)7-12/h2-6H,1H3. The molecule has 0 aromatic heterocycles. The van der Waals surface area contributed by atoms with Crippen molar-refractivity contribution in [2.24, 2.45) is 0 Å². The van der Waals surface area contributed by atoms with Gasteiger partial charge in [0.25, 0.3) is 0 Å². The Labute approximate surface area is 94.0 Å². The van der Waals surface area contributed by atoms with Crippen molar-refractivity contribution in [3.8, 4) is 12.1 Å². The van der Waals surface area contributed by atoms with Gasteiger partial charge in [-0.3, -0.25) is 0 Å². The maximum Gasteiger partial charge on any atom is 0.185 e. The predicted molar refractivity (Wildman–Crippen MR) is 59.6 cm³/mol. The fraction of sp³-hybridized carbons (Fsp3) is 0.0909. The SMILES string of the molecule is CS(=O)(=O)C(C#N)=Cc1ccccc1C#N. The maximum absolute atomic E-state index is 11.2. The molecule has 0 aliphatic carbocycles. The first-order chi connectivity index (χ1) is 7.49. The first kappa shape index (κ1) is 12.0. The van der Waals surface area contributed by atoms with E-state index in [-0.39, 0.29) is 4.91 Å². The van der Waals surface area contributed by atoms with E-state index in [0.717, 1.165) is 6.26 Å². The van der Waals surface area contributed by atoms with Crippen LogP contribution in [0, 0.1) is 22.7 Å². The summed E-state index contributed by atoms with van der Waals surface area (Å²) in [5.74, 6) is 0. The summed E-state index contributed by atoms with van der Waals surface area (Å²) in [6, 6.07) is 10.0. The molecule has 0 saturated heterocycles. The Morgan fingerprint density at radius 1 is 1.31 bits per heavy atom. The fourth-order valence-corrected chi connectivity index (χ4v) is 1.60. The molecule has 0 unspecified atom stereocenters. The number of allylic oxidation sites excluding steroid dienone is 1. The van der Waals surface area contributed by atoms with Gasteiger partial charge in [-0.2, -0.15) is 10.5 Å². The normalized spacial score (nSPS) is 11.6. The summed E-state index contributed by atoms with van der Waals surface area (Å²) in [5.41, 5.74) is 0.755. The van der Waals surface area contributed by atoms with Crippen molar-refractivity contribution in [1.82, 2.24) is 0 Å². The third-order valence-corrected chi connectivity index (χ3v) is 2.89. The highest BCUT2D eigenvalue weighted by atomic mass is 32.2. The van der Waals surface area contributed by atoms with Crippen molar-refractivity contribution in [3.63, 3.8) is 0 Å². The Morgan fingerprint density at radius 2 is 1.94 bits per heavy atom. The number of benzene rings is 1. The van der Waals surface area contributed by atoms with Crippen molar-refractivity contribution < 1.29 is 8.42 Å². The third kappa shape index (κ3) is 2.69. The van der Waals surface area contributed by atoms with Crippen LogP contribution in [0.4, 0.5) is 0 Å². The maximum atomic E-state index is 11.2. The molecule has 4 nitrogen and oxygen atoms in total. The Morgan fingerprint density at radius 3 is 2.44 bits per heavy atom. The van der Waals surface area contributed by atoms with Crippen LogP contribution in [0.5, 0.6) is 0 Å². The molecule has 0 N–H and O–H groups in total. The van der Waals surface area contributed by atoms with Gasteiger partial charge in [0.1, 0.15) is 11.0 Å². The number of sulfone groups is 1. The molecular weight excluding hydrogens is 224 g/mol. The van der Waals surface area contributed by atoms with Crippen LogP contribution in [0.15, 0.2) is 29.2 Å². The minimum Gasteiger partial charge on any atom is -0.223 e. The van der Waals surface area contributed by atoms with Gasteiger partial charge >= 0.3 is 0 Å². The van der Waals surface area contributed by atoms with E-state index < -0.39 is 9.84 Å². The van der Waals surface area contributed by atoms with E-state index in [2.05, 4.69) is 0 Å². The zero-order valence-electron chi connectivity index (χ0n) is 8.51. The van der Waals surface area contributed by atoms with E-state index in [1.807, 2.05) is 6.07 Å². The molecule has 1 rings (SSSR count). The zero-order valence-corrected chi connectivity index (χ0v) is 9.32. The topological polar surface area (TPSA) is 81.7 Å². The number of rotatable bonds is 2. The molecule has 0 radical (unpaired) electrons. The van der Waals surface area contributed by atoms with Gasteiger partial charge in [-0.25, -0.2) is 8.42 Å². The van der Waals surface area contributed by atoms with Crippen molar-refractivity contribution in [1.29, 1.82) is 10.5 Å². The monoisotopic (exact) mass is 232 g/mol. The van der Waals surface area contributed by atoms with Crippen molar-refractivity contribution in [3.05, 3.63) is 40.3 Å². The molecule has 0 fully saturated rings. The van der Waals surface area contributed by atoms with E-state index in [1.165, 1.54) is 6.08 Å².